The lowest BCUT2D eigenvalue weighted by molar-refractivity contribution is -0.384. The van der Waals surface area contributed by atoms with Crippen molar-refractivity contribution in [3.63, 3.8) is 0 Å². The summed E-state index contributed by atoms with van der Waals surface area (Å²) >= 11 is 0. The molecule has 0 aliphatic carbocycles. The molecule has 1 unspecified atom stereocenters. The molecule has 0 amide bonds. The first-order valence-electron chi connectivity index (χ1n) is 7.18. The van der Waals surface area contributed by atoms with Crippen molar-refractivity contribution in [1.29, 1.82) is 0 Å². The van der Waals surface area contributed by atoms with E-state index in [4.69, 9.17) is 4.74 Å². The Hall–Kier alpha value is -1.78. The molecule has 1 rings (SSSR count). The third-order valence-corrected chi connectivity index (χ3v) is 3.52. The molecule has 5 heteroatoms. The standard InChI is InChI=1S/C15H24N2O3/c1-4-6-7-12(5-2)11-16-14-10-13(20-3)8-9-15(14)17(18)19/h8-10,12,16H,4-7,11H2,1-3H3. The van der Waals surface area contributed by atoms with E-state index in [9.17, 15) is 10.1 Å². The molecule has 0 spiro atoms. The molecule has 1 N–H and O–H groups in total. The topological polar surface area (TPSA) is 64.4 Å². The van der Waals surface area contributed by atoms with Crippen molar-refractivity contribution in [1.82, 2.24) is 0 Å². The normalized spacial score (nSPS) is 11.9. The number of unbranched alkanes of at least 4 members (excludes halogenated alkanes) is 1. The van der Waals surface area contributed by atoms with Crippen molar-refractivity contribution in [3.05, 3.63) is 28.3 Å². The van der Waals surface area contributed by atoms with Crippen molar-refractivity contribution in [3.8, 4) is 5.75 Å². The van der Waals surface area contributed by atoms with Crippen LogP contribution in [-0.4, -0.2) is 18.6 Å². The van der Waals surface area contributed by atoms with Gasteiger partial charge in [0, 0.05) is 18.7 Å². The molecule has 0 aliphatic rings. The molecule has 0 radical (unpaired) electrons. The van der Waals surface area contributed by atoms with Crippen molar-refractivity contribution in [2.75, 3.05) is 19.0 Å². The monoisotopic (exact) mass is 280 g/mol. The summed E-state index contributed by atoms with van der Waals surface area (Å²) in [5.74, 6) is 1.17. The van der Waals surface area contributed by atoms with Crippen molar-refractivity contribution in [2.45, 2.75) is 39.5 Å². The third-order valence-electron chi connectivity index (χ3n) is 3.52. The highest BCUT2D eigenvalue weighted by molar-refractivity contribution is 5.64. The van der Waals surface area contributed by atoms with E-state index in [1.807, 2.05) is 0 Å². The molecule has 20 heavy (non-hydrogen) atoms. The number of rotatable bonds is 9. The van der Waals surface area contributed by atoms with E-state index in [0.29, 0.717) is 17.4 Å². The second-order valence-corrected chi connectivity index (χ2v) is 4.94. The van der Waals surface area contributed by atoms with Gasteiger partial charge >= 0.3 is 0 Å². The van der Waals surface area contributed by atoms with Gasteiger partial charge in [-0.05, 0) is 18.4 Å². The van der Waals surface area contributed by atoms with Crippen LogP contribution in [0, 0.1) is 16.0 Å². The maximum atomic E-state index is 11.0. The fraction of sp³-hybridized carbons (Fsp3) is 0.600. The Morgan fingerprint density at radius 3 is 2.70 bits per heavy atom. The average molecular weight is 280 g/mol. The minimum Gasteiger partial charge on any atom is -0.497 e. The van der Waals surface area contributed by atoms with E-state index in [1.54, 1.807) is 19.2 Å². The molecule has 0 aliphatic heterocycles. The first kappa shape index (κ1) is 16.3. The molecule has 1 aromatic carbocycles. The van der Waals surface area contributed by atoms with Gasteiger partial charge in [-0.15, -0.1) is 0 Å². The van der Waals surface area contributed by atoms with Crippen LogP contribution in [0.15, 0.2) is 18.2 Å². The van der Waals surface area contributed by atoms with E-state index in [0.717, 1.165) is 19.4 Å². The number of benzene rings is 1. The summed E-state index contributed by atoms with van der Waals surface area (Å²) in [7, 11) is 1.56. The van der Waals surface area contributed by atoms with Crippen molar-refractivity contribution in [2.24, 2.45) is 5.92 Å². The first-order chi connectivity index (χ1) is 9.62. The van der Waals surface area contributed by atoms with Gasteiger partial charge < -0.3 is 10.1 Å². The fourth-order valence-corrected chi connectivity index (χ4v) is 2.14. The number of nitrogens with zero attached hydrogens (tertiary/aromatic N) is 1. The smallest absolute Gasteiger partial charge is 0.292 e. The SMILES string of the molecule is CCCCC(CC)CNc1cc(OC)ccc1[N+](=O)[O-]. The van der Waals surface area contributed by atoms with Crippen LogP contribution in [-0.2, 0) is 0 Å². The van der Waals surface area contributed by atoms with E-state index in [1.165, 1.54) is 18.9 Å². The van der Waals surface area contributed by atoms with Gasteiger partial charge in [0.1, 0.15) is 11.4 Å². The summed E-state index contributed by atoms with van der Waals surface area (Å²) in [6.07, 6.45) is 4.60. The quantitative estimate of drug-likeness (QED) is 0.543. The van der Waals surface area contributed by atoms with Gasteiger partial charge in [0.2, 0.25) is 0 Å². The van der Waals surface area contributed by atoms with Crippen LogP contribution in [0.5, 0.6) is 5.75 Å². The Labute approximate surface area is 120 Å². The molecule has 0 bridgehead atoms. The lowest BCUT2D eigenvalue weighted by Crippen LogP contribution is -2.14. The maximum absolute atomic E-state index is 11.0. The van der Waals surface area contributed by atoms with Crippen LogP contribution in [0.2, 0.25) is 0 Å². The van der Waals surface area contributed by atoms with Crippen LogP contribution >= 0.6 is 0 Å². The van der Waals surface area contributed by atoms with Gasteiger partial charge in [0.25, 0.3) is 5.69 Å². The third kappa shape index (κ3) is 4.72. The number of nitro groups is 1. The Balaban J connectivity index is 2.76. The van der Waals surface area contributed by atoms with E-state index < -0.39 is 0 Å². The van der Waals surface area contributed by atoms with Gasteiger partial charge in [-0.2, -0.15) is 0 Å². The Morgan fingerprint density at radius 2 is 2.15 bits per heavy atom. The van der Waals surface area contributed by atoms with E-state index in [2.05, 4.69) is 19.2 Å². The second-order valence-electron chi connectivity index (χ2n) is 4.94. The van der Waals surface area contributed by atoms with Crippen LogP contribution < -0.4 is 10.1 Å². The zero-order chi connectivity index (χ0) is 15.0. The highest BCUT2D eigenvalue weighted by atomic mass is 16.6. The van der Waals surface area contributed by atoms with Crippen LogP contribution in [0.3, 0.4) is 0 Å². The molecule has 0 saturated carbocycles. The van der Waals surface area contributed by atoms with Crippen LogP contribution in [0.1, 0.15) is 39.5 Å². The summed E-state index contributed by atoms with van der Waals surface area (Å²) in [5, 5.41) is 14.2. The van der Waals surface area contributed by atoms with Gasteiger partial charge in [-0.3, -0.25) is 10.1 Å². The predicted molar refractivity (Wildman–Crippen MR) is 81.4 cm³/mol. The Kier molecular flexibility index (Phi) is 6.84. The fourth-order valence-electron chi connectivity index (χ4n) is 2.14. The molecule has 112 valence electrons. The number of nitro benzene ring substituents is 1. The van der Waals surface area contributed by atoms with Gasteiger partial charge in [0.15, 0.2) is 0 Å². The summed E-state index contributed by atoms with van der Waals surface area (Å²) < 4.78 is 5.13. The zero-order valence-electron chi connectivity index (χ0n) is 12.5. The summed E-state index contributed by atoms with van der Waals surface area (Å²) in [5.41, 5.74) is 0.625. The molecule has 5 nitrogen and oxygen atoms in total. The molecule has 1 aromatic rings. The number of hydrogen-bond donors (Lipinski definition) is 1. The van der Waals surface area contributed by atoms with Gasteiger partial charge in [-0.1, -0.05) is 33.1 Å². The molecule has 0 aromatic heterocycles. The molecule has 0 fully saturated rings. The van der Waals surface area contributed by atoms with Gasteiger partial charge in [-0.25, -0.2) is 0 Å². The molecule has 0 heterocycles. The maximum Gasteiger partial charge on any atom is 0.292 e. The Bertz CT molecular complexity index is 435. The lowest BCUT2D eigenvalue weighted by Gasteiger charge is -2.16. The lowest BCUT2D eigenvalue weighted by atomic mass is 9.99. The highest BCUT2D eigenvalue weighted by Gasteiger charge is 2.15. The average Bonchev–Trinajstić information content (AvgIpc) is 2.47. The summed E-state index contributed by atoms with van der Waals surface area (Å²) in [6.45, 7) is 5.08. The molecule has 1 atom stereocenters. The first-order valence-corrected chi connectivity index (χ1v) is 7.18. The molecular formula is C15H24N2O3. The minimum absolute atomic E-state index is 0.0937. The number of anilines is 1. The van der Waals surface area contributed by atoms with Crippen LogP contribution in [0.4, 0.5) is 11.4 Å². The zero-order valence-corrected chi connectivity index (χ0v) is 12.5. The van der Waals surface area contributed by atoms with Crippen molar-refractivity contribution < 1.29 is 9.66 Å². The molecule has 0 saturated heterocycles. The second kappa shape index (κ2) is 8.40. The number of nitrogens with one attached hydrogen (secondary N) is 1. The largest absolute Gasteiger partial charge is 0.497 e. The van der Waals surface area contributed by atoms with Crippen molar-refractivity contribution >= 4 is 11.4 Å². The molecular weight excluding hydrogens is 256 g/mol. The number of methoxy groups -OCH3 is 1. The van der Waals surface area contributed by atoms with Gasteiger partial charge in [0.05, 0.1) is 12.0 Å². The summed E-state index contributed by atoms with van der Waals surface area (Å²) in [4.78, 5) is 10.7. The minimum atomic E-state index is -0.366. The summed E-state index contributed by atoms with van der Waals surface area (Å²) in [6, 6.07) is 4.77. The van der Waals surface area contributed by atoms with E-state index >= 15 is 0 Å². The Morgan fingerprint density at radius 1 is 1.40 bits per heavy atom. The number of ether oxygens (including phenoxy) is 1. The van der Waals surface area contributed by atoms with Crippen LogP contribution in [0.25, 0.3) is 0 Å². The predicted octanol–water partition coefficient (Wildman–Crippen LogP) is 4.23. The van der Waals surface area contributed by atoms with E-state index in [-0.39, 0.29) is 10.6 Å². The highest BCUT2D eigenvalue weighted by Crippen LogP contribution is 2.29. The number of hydrogen-bond acceptors (Lipinski definition) is 4.